The van der Waals surface area contributed by atoms with Gasteiger partial charge in [0.05, 0.1) is 4.92 Å². The van der Waals surface area contributed by atoms with Crippen LogP contribution in [0, 0.1) is 16.0 Å². The van der Waals surface area contributed by atoms with Gasteiger partial charge in [-0.25, -0.2) is 0 Å². The summed E-state index contributed by atoms with van der Waals surface area (Å²) >= 11 is 11.2. The first-order valence-corrected chi connectivity index (χ1v) is 7.29. The number of alkyl halides is 2. The van der Waals surface area contributed by atoms with Gasteiger partial charge >= 0.3 is 0 Å². The maximum absolute atomic E-state index is 11.6. The topological polar surface area (TPSA) is 60.2 Å². The number of nitrogens with zero attached hydrogens (tertiary/aromatic N) is 1. The predicted molar refractivity (Wildman–Crippen MR) is 80.4 cm³/mol. The molecule has 4 nitrogen and oxygen atoms in total. The van der Waals surface area contributed by atoms with Crippen LogP contribution in [0.25, 0.3) is 0 Å². The first-order chi connectivity index (χ1) is 9.36. The monoisotopic (exact) mass is 317 g/mol. The molecule has 0 aliphatic heterocycles. The fourth-order valence-electron chi connectivity index (χ4n) is 2.19. The van der Waals surface area contributed by atoms with E-state index >= 15 is 0 Å². The molecule has 0 aliphatic rings. The fraction of sp³-hybridized carbons (Fsp3) is 0.500. The summed E-state index contributed by atoms with van der Waals surface area (Å²) in [4.78, 5) is 20.8. The molecule has 0 N–H and O–H groups in total. The molecule has 110 valence electrons. The van der Waals surface area contributed by atoms with Gasteiger partial charge in [0.2, 0.25) is 0 Å². The number of benzene rings is 1. The average Bonchev–Trinajstić information content (AvgIpc) is 2.43. The molecule has 0 unspecified atom stereocenters. The summed E-state index contributed by atoms with van der Waals surface area (Å²) < 4.78 is 0. The van der Waals surface area contributed by atoms with Crippen molar-refractivity contribution in [2.75, 3.05) is 0 Å². The van der Waals surface area contributed by atoms with E-state index in [1.807, 2.05) is 13.8 Å². The summed E-state index contributed by atoms with van der Waals surface area (Å²) in [5, 5.41) is 10.6. The van der Waals surface area contributed by atoms with Gasteiger partial charge in [0, 0.05) is 18.6 Å². The Kier molecular flexibility index (Phi) is 6.43. The number of carbonyl (C=O) groups excluding carboxylic acids is 1. The first-order valence-electron chi connectivity index (χ1n) is 6.42. The first kappa shape index (κ1) is 16.9. The molecule has 0 amide bonds. The third-order valence-corrected chi connectivity index (χ3v) is 4.05. The van der Waals surface area contributed by atoms with Crippen LogP contribution in [-0.4, -0.2) is 15.5 Å². The summed E-state index contributed by atoms with van der Waals surface area (Å²) in [6.45, 7) is 4.00. The van der Waals surface area contributed by atoms with Gasteiger partial charge in [0.1, 0.15) is 0 Å². The van der Waals surface area contributed by atoms with E-state index in [9.17, 15) is 14.9 Å². The lowest BCUT2D eigenvalue weighted by atomic mass is 9.83. The van der Waals surface area contributed by atoms with Crippen LogP contribution in [0.4, 0.5) is 5.69 Å². The van der Waals surface area contributed by atoms with Gasteiger partial charge in [-0.3, -0.25) is 14.9 Å². The second kappa shape index (κ2) is 7.60. The zero-order chi connectivity index (χ0) is 15.3. The van der Waals surface area contributed by atoms with Crippen LogP contribution in [0.5, 0.6) is 0 Å². The van der Waals surface area contributed by atoms with E-state index in [1.54, 1.807) is 12.1 Å². The molecule has 0 saturated carbocycles. The number of ketones is 1. The van der Waals surface area contributed by atoms with Gasteiger partial charge in [-0.1, -0.05) is 55.6 Å². The third kappa shape index (κ3) is 4.46. The van der Waals surface area contributed by atoms with Crippen molar-refractivity contribution >= 4 is 34.7 Å². The largest absolute Gasteiger partial charge is 0.297 e. The van der Waals surface area contributed by atoms with Crippen molar-refractivity contribution in [3.8, 4) is 0 Å². The molecular weight excluding hydrogens is 301 g/mol. The lowest BCUT2D eigenvalue weighted by Gasteiger charge is -2.22. The molecule has 1 aromatic carbocycles. The number of hydrogen-bond donors (Lipinski definition) is 0. The van der Waals surface area contributed by atoms with Crippen molar-refractivity contribution < 1.29 is 9.72 Å². The number of non-ortho nitro benzene ring substituents is 1. The van der Waals surface area contributed by atoms with Gasteiger partial charge in [-0.15, -0.1) is 0 Å². The number of Topliss-reactive ketones (excluding diaryl/α,β-unsaturated/α-hetero) is 1. The summed E-state index contributed by atoms with van der Waals surface area (Å²) in [6.07, 6.45) is 1.12. The maximum Gasteiger partial charge on any atom is 0.269 e. The Morgan fingerprint density at radius 1 is 1.30 bits per heavy atom. The van der Waals surface area contributed by atoms with Crippen LogP contribution >= 0.6 is 23.2 Å². The molecule has 2 atom stereocenters. The standard InChI is InChI=1S/C14H17Cl2NO3/c1-3-10(8-13(18)14(15)16)9(2)11-4-6-12(7-5-11)17(19)20/h4-7,9-10,14H,3,8H2,1-2H3/t9-,10-/m0/s1. The Labute approximate surface area is 128 Å². The molecule has 6 heteroatoms. The Hall–Kier alpha value is -1.13. The molecule has 0 aliphatic carbocycles. The van der Waals surface area contributed by atoms with E-state index in [2.05, 4.69) is 0 Å². The van der Waals surface area contributed by atoms with E-state index in [-0.39, 0.29) is 23.3 Å². The lowest BCUT2D eigenvalue weighted by Crippen LogP contribution is -2.18. The second-order valence-electron chi connectivity index (χ2n) is 4.78. The van der Waals surface area contributed by atoms with Crippen molar-refractivity contribution in [2.24, 2.45) is 5.92 Å². The molecule has 20 heavy (non-hydrogen) atoms. The van der Waals surface area contributed by atoms with Crippen molar-refractivity contribution in [3.63, 3.8) is 0 Å². The Bertz CT molecular complexity index is 474. The third-order valence-electron chi connectivity index (χ3n) is 3.57. The van der Waals surface area contributed by atoms with E-state index in [1.165, 1.54) is 12.1 Å². The summed E-state index contributed by atoms with van der Waals surface area (Å²) in [5.74, 6) is 0.0368. The molecular formula is C14H17Cl2NO3. The van der Waals surface area contributed by atoms with Gasteiger partial charge in [-0.2, -0.15) is 0 Å². The van der Waals surface area contributed by atoms with Crippen molar-refractivity contribution in [1.29, 1.82) is 0 Å². The molecule has 0 radical (unpaired) electrons. The predicted octanol–water partition coefficient (Wildman–Crippen LogP) is 4.49. The van der Waals surface area contributed by atoms with Crippen LogP contribution in [0.2, 0.25) is 0 Å². The number of nitro benzene ring substituents is 1. The van der Waals surface area contributed by atoms with Crippen LogP contribution < -0.4 is 0 Å². The molecule has 0 aromatic heterocycles. The number of hydrogen-bond acceptors (Lipinski definition) is 3. The molecule has 0 bridgehead atoms. The summed E-state index contributed by atoms with van der Waals surface area (Å²) in [5.41, 5.74) is 1.03. The molecule has 0 saturated heterocycles. The highest BCUT2D eigenvalue weighted by Gasteiger charge is 2.23. The van der Waals surface area contributed by atoms with Crippen molar-refractivity contribution in [1.82, 2.24) is 0 Å². The zero-order valence-electron chi connectivity index (χ0n) is 11.4. The minimum atomic E-state index is -0.992. The Balaban J connectivity index is 2.82. The summed E-state index contributed by atoms with van der Waals surface area (Å²) in [6, 6.07) is 6.42. The van der Waals surface area contributed by atoms with Gasteiger partial charge < -0.3 is 0 Å². The van der Waals surface area contributed by atoms with Gasteiger partial charge in [0.15, 0.2) is 10.6 Å². The van der Waals surface area contributed by atoms with E-state index in [0.29, 0.717) is 6.42 Å². The second-order valence-corrected chi connectivity index (χ2v) is 5.87. The highest BCUT2D eigenvalue weighted by atomic mass is 35.5. The smallest absolute Gasteiger partial charge is 0.269 e. The SMILES string of the molecule is CC[C@@H](CC(=O)C(Cl)Cl)[C@H](C)c1ccc([N+](=O)[O-])cc1. The number of nitro groups is 1. The average molecular weight is 318 g/mol. The van der Waals surface area contributed by atoms with Crippen LogP contribution in [0.1, 0.15) is 38.2 Å². The quantitative estimate of drug-likeness (QED) is 0.423. The molecule has 0 spiro atoms. The van der Waals surface area contributed by atoms with Crippen molar-refractivity contribution in [3.05, 3.63) is 39.9 Å². The molecule has 1 rings (SSSR count). The lowest BCUT2D eigenvalue weighted by molar-refractivity contribution is -0.384. The maximum atomic E-state index is 11.6. The fourth-order valence-corrected chi connectivity index (χ4v) is 2.37. The van der Waals surface area contributed by atoms with Gasteiger partial charge in [-0.05, 0) is 17.4 Å². The highest BCUT2D eigenvalue weighted by molar-refractivity contribution is 6.53. The normalized spacial score (nSPS) is 14.1. The number of halogens is 2. The minimum Gasteiger partial charge on any atom is -0.297 e. The van der Waals surface area contributed by atoms with Crippen LogP contribution in [0.3, 0.4) is 0 Å². The Morgan fingerprint density at radius 2 is 1.85 bits per heavy atom. The van der Waals surface area contributed by atoms with E-state index in [0.717, 1.165) is 12.0 Å². The number of rotatable bonds is 7. The molecule has 0 heterocycles. The van der Waals surface area contributed by atoms with Gasteiger partial charge in [0.25, 0.3) is 5.69 Å². The minimum absolute atomic E-state index is 0.0617. The molecule has 1 aromatic rings. The number of carbonyl (C=O) groups is 1. The van der Waals surface area contributed by atoms with E-state index < -0.39 is 9.76 Å². The highest BCUT2D eigenvalue weighted by Crippen LogP contribution is 2.31. The van der Waals surface area contributed by atoms with Crippen LogP contribution in [0.15, 0.2) is 24.3 Å². The molecule has 0 fully saturated rings. The van der Waals surface area contributed by atoms with Crippen molar-refractivity contribution in [2.45, 2.75) is 37.4 Å². The van der Waals surface area contributed by atoms with Crippen LogP contribution in [-0.2, 0) is 4.79 Å². The zero-order valence-corrected chi connectivity index (χ0v) is 12.9. The van der Waals surface area contributed by atoms with E-state index in [4.69, 9.17) is 23.2 Å². The summed E-state index contributed by atoms with van der Waals surface area (Å²) in [7, 11) is 0. The Morgan fingerprint density at radius 3 is 2.25 bits per heavy atom.